The van der Waals surface area contributed by atoms with Crippen molar-refractivity contribution in [3.63, 3.8) is 0 Å². The fourth-order valence-electron chi connectivity index (χ4n) is 4.16. The second kappa shape index (κ2) is 13.2. The van der Waals surface area contributed by atoms with E-state index < -0.39 is 12.2 Å². The summed E-state index contributed by atoms with van der Waals surface area (Å²) in [6.07, 6.45) is 2.67. The number of hydrogen-bond acceptors (Lipinski definition) is 6. The molecule has 0 unspecified atom stereocenters. The topological polar surface area (TPSA) is 99.3 Å². The zero-order valence-electron chi connectivity index (χ0n) is 21.0. The average molecular weight is 505 g/mol. The highest BCUT2D eigenvalue weighted by molar-refractivity contribution is 5.44. The average Bonchev–Trinajstić information content (AvgIpc) is 3.45. The summed E-state index contributed by atoms with van der Waals surface area (Å²) in [6.45, 7) is 4.18. The molecule has 1 aromatic heterocycles. The van der Waals surface area contributed by atoms with Gasteiger partial charge in [-0.05, 0) is 48.7 Å². The number of aromatic nitrogens is 2. The Morgan fingerprint density at radius 1 is 1.16 bits per heavy atom. The summed E-state index contributed by atoms with van der Waals surface area (Å²) < 4.78 is 18.4. The van der Waals surface area contributed by atoms with Gasteiger partial charge in [0.2, 0.25) is 5.75 Å². The van der Waals surface area contributed by atoms with Crippen LogP contribution in [0.5, 0.6) is 5.75 Å². The van der Waals surface area contributed by atoms with Gasteiger partial charge in [0.05, 0.1) is 18.6 Å². The van der Waals surface area contributed by atoms with E-state index in [-0.39, 0.29) is 17.7 Å². The standard InChI is InChI=1S/C29H33FN4O3/c1-20(15-30)31-17-25(14-27-28(35)29(36)34-19-33-27)24-10-8-22(9-11-24)3-2-21-4-6-23(7-5-21)16-32-26-12-13-37-18-26/h4-11,19-20,25-26,31-32,35H,12-18H2,1H3,(H,33,34,36)/t20-,25-,26-/m0/s1. The largest absolute Gasteiger partial charge is 0.502 e. The number of alkyl halides is 1. The van der Waals surface area contributed by atoms with Crippen LogP contribution in [0.3, 0.4) is 0 Å². The van der Waals surface area contributed by atoms with Gasteiger partial charge in [-0.25, -0.2) is 9.37 Å². The minimum absolute atomic E-state index is 0.117. The van der Waals surface area contributed by atoms with E-state index in [9.17, 15) is 14.3 Å². The second-order valence-electron chi connectivity index (χ2n) is 9.40. The highest BCUT2D eigenvalue weighted by Crippen LogP contribution is 2.23. The van der Waals surface area contributed by atoms with Crippen LogP contribution < -0.4 is 16.2 Å². The lowest BCUT2D eigenvalue weighted by Crippen LogP contribution is -2.32. The summed E-state index contributed by atoms with van der Waals surface area (Å²) in [7, 11) is 0. The van der Waals surface area contributed by atoms with Crippen molar-refractivity contribution in [1.82, 2.24) is 20.6 Å². The number of aromatic hydroxyl groups is 1. The van der Waals surface area contributed by atoms with Crippen molar-refractivity contribution in [3.05, 3.63) is 93.2 Å². The predicted molar refractivity (Wildman–Crippen MR) is 141 cm³/mol. The molecule has 0 saturated carbocycles. The lowest BCUT2D eigenvalue weighted by atomic mass is 9.92. The summed E-state index contributed by atoms with van der Waals surface area (Å²) >= 11 is 0. The number of aromatic amines is 1. The number of rotatable bonds is 10. The van der Waals surface area contributed by atoms with Gasteiger partial charge in [0.15, 0.2) is 0 Å². The van der Waals surface area contributed by atoms with E-state index in [4.69, 9.17) is 4.74 Å². The molecule has 0 aliphatic carbocycles. The van der Waals surface area contributed by atoms with Crippen LogP contribution in [0.1, 0.15) is 47.2 Å². The minimum Gasteiger partial charge on any atom is -0.502 e. The Hall–Kier alpha value is -3.51. The van der Waals surface area contributed by atoms with Crippen molar-refractivity contribution in [2.24, 2.45) is 0 Å². The molecule has 1 aliphatic rings. The third-order valence-electron chi connectivity index (χ3n) is 6.50. The van der Waals surface area contributed by atoms with Crippen LogP contribution in [0, 0.1) is 11.8 Å². The zero-order valence-corrected chi connectivity index (χ0v) is 21.0. The van der Waals surface area contributed by atoms with Crippen LogP contribution in [0.4, 0.5) is 4.39 Å². The molecule has 194 valence electrons. The molecule has 8 heteroatoms. The first-order valence-corrected chi connectivity index (χ1v) is 12.6. The maximum absolute atomic E-state index is 13.0. The van der Waals surface area contributed by atoms with Crippen molar-refractivity contribution in [1.29, 1.82) is 0 Å². The van der Waals surface area contributed by atoms with Crippen molar-refractivity contribution in [3.8, 4) is 17.6 Å². The van der Waals surface area contributed by atoms with Gasteiger partial charge < -0.3 is 25.5 Å². The molecule has 1 fully saturated rings. The summed E-state index contributed by atoms with van der Waals surface area (Å²) in [5.41, 5.74) is 3.74. The quantitative estimate of drug-likeness (QED) is 0.317. The smallest absolute Gasteiger partial charge is 0.293 e. The lowest BCUT2D eigenvalue weighted by Gasteiger charge is -2.20. The van der Waals surface area contributed by atoms with E-state index in [2.05, 4.69) is 44.6 Å². The molecular formula is C29H33FN4O3. The highest BCUT2D eigenvalue weighted by Gasteiger charge is 2.18. The van der Waals surface area contributed by atoms with Crippen LogP contribution in [0.2, 0.25) is 0 Å². The number of nitrogens with one attached hydrogen (secondary N) is 3. The monoisotopic (exact) mass is 504 g/mol. The normalized spacial score (nSPS) is 16.6. The SMILES string of the molecule is C[C@@H](CF)NC[C@H](Cc1nc[nH]c(=O)c1O)c1ccc(C#Cc2ccc(CN[C@H]3CCOC3)cc2)cc1. The maximum atomic E-state index is 13.0. The van der Waals surface area contributed by atoms with Crippen molar-refractivity contribution < 1.29 is 14.2 Å². The first-order valence-electron chi connectivity index (χ1n) is 12.6. The molecule has 4 rings (SSSR count). The number of ether oxygens (including phenoxy) is 1. The predicted octanol–water partition coefficient (Wildman–Crippen LogP) is 3.03. The van der Waals surface area contributed by atoms with Gasteiger partial charge in [0.25, 0.3) is 5.56 Å². The molecule has 4 N–H and O–H groups in total. The number of H-pyrrole nitrogens is 1. The lowest BCUT2D eigenvalue weighted by molar-refractivity contribution is 0.190. The van der Waals surface area contributed by atoms with Crippen LogP contribution in [-0.2, 0) is 17.7 Å². The number of hydrogen-bond donors (Lipinski definition) is 4. The zero-order chi connectivity index (χ0) is 26.0. The van der Waals surface area contributed by atoms with E-state index >= 15 is 0 Å². The van der Waals surface area contributed by atoms with E-state index in [1.807, 2.05) is 36.4 Å². The van der Waals surface area contributed by atoms with Crippen LogP contribution in [0.25, 0.3) is 0 Å². The molecule has 1 saturated heterocycles. The molecule has 3 atom stereocenters. The van der Waals surface area contributed by atoms with Gasteiger partial charge >= 0.3 is 0 Å². The summed E-state index contributed by atoms with van der Waals surface area (Å²) in [5.74, 6) is 5.91. The Labute approximate surface area is 216 Å². The summed E-state index contributed by atoms with van der Waals surface area (Å²) in [6, 6.07) is 16.2. The fraction of sp³-hybridized carbons (Fsp3) is 0.379. The Kier molecular flexibility index (Phi) is 9.44. The van der Waals surface area contributed by atoms with E-state index in [1.54, 1.807) is 6.92 Å². The molecule has 37 heavy (non-hydrogen) atoms. The van der Waals surface area contributed by atoms with Crippen LogP contribution >= 0.6 is 0 Å². The molecular weight excluding hydrogens is 471 g/mol. The molecule has 3 aromatic rings. The first-order chi connectivity index (χ1) is 18.0. The van der Waals surface area contributed by atoms with Gasteiger partial charge in [0, 0.05) is 55.2 Å². The first kappa shape index (κ1) is 26.6. The summed E-state index contributed by atoms with van der Waals surface area (Å²) in [4.78, 5) is 18.3. The van der Waals surface area contributed by atoms with Gasteiger partial charge in [-0.1, -0.05) is 36.1 Å². The van der Waals surface area contributed by atoms with Crippen molar-refractivity contribution >= 4 is 0 Å². The highest BCUT2D eigenvalue weighted by atomic mass is 19.1. The molecule has 0 bridgehead atoms. The fourth-order valence-corrected chi connectivity index (χ4v) is 4.16. The minimum atomic E-state index is -0.577. The third-order valence-corrected chi connectivity index (χ3v) is 6.50. The van der Waals surface area contributed by atoms with E-state index in [0.717, 1.165) is 42.9 Å². The van der Waals surface area contributed by atoms with Gasteiger partial charge in [0.1, 0.15) is 6.67 Å². The Morgan fingerprint density at radius 2 is 1.86 bits per heavy atom. The number of halogens is 1. The van der Waals surface area contributed by atoms with Crippen LogP contribution in [-0.4, -0.2) is 53.6 Å². The molecule has 0 radical (unpaired) electrons. The van der Waals surface area contributed by atoms with Gasteiger partial charge in [-0.2, -0.15) is 0 Å². The van der Waals surface area contributed by atoms with Crippen molar-refractivity contribution in [2.45, 2.75) is 44.3 Å². The summed E-state index contributed by atoms with van der Waals surface area (Å²) in [5, 5.41) is 16.8. The van der Waals surface area contributed by atoms with E-state index in [1.165, 1.54) is 11.9 Å². The number of benzene rings is 2. The molecule has 1 aliphatic heterocycles. The Bertz CT molecular complexity index is 1260. The van der Waals surface area contributed by atoms with Gasteiger partial charge in [-0.15, -0.1) is 0 Å². The molecule has 0 spiro atoms. The maximum Gasteiger partial charge on any atom is 0.293 e. The molecule has 0 amide bonds. The number of nitrogens with zero attached hydrogens (tertiary/aromatic N) is 1. The molecule has 2 aromatic carbocycles. The van der Waals surface area contributed by atoms with Crippen LogP contribution in [0.15, 0.2) is 59.7 Å². The molecule has 2 heterocycles. The molecule has 7 nitrogen and oxygen atoms in total. The Morgan fingerprint density at radius 3 is 2.51 bits per heavy atom. The Balaban J connectivity index is 1.41. The second-order valence-corrected chi connectivity index (χ2v) is 9.40. The van der Waals surface area contributed by atoms with Crippen molar-refractivity contribution in [2.75, 3.05) is 26.4 Å². The van der Waals surface area contributed by atoms with Gasteiger partial charge in [-0.3, -0.25) is 4.79 Å². The third kappa shape index (κ3) is 7.73. The van der Waals surface area contributed by atoms with E-state index in [0.29, 0.717) is 24.7 Å².